The second-order valence-corrected chi connectivity index (χ2v) is 4.35. The zero-order valence-electron chi connectivity index (χ0n) is 11.0. The van der Waals surface area contributed by atoms with Gasteiger partial charge in [0.1, 0.15) is 5.75 Å². The normalized spacial score (nSPS) is 12.9. The van der Waals surface area contributed by atoms with Crippen molar-refractivity contribution in [2.24, 2.45) is 0 Å². The lowest BCUT2D eigenvalue weighted by molar-refractivity contribution is 0.117. The van der Waals surface area contributed by atoms with Crippen LogP contribution in [0, 0.1) is 0 Å². The molecule has 1 rings (SSSR count). The van der Waals surface area contributed by atoms with Crippen LogP contribution in [-0.4, -0.2) is 36.3 Å². The molecule has 0 fully saturated rings. The van der Waals surface area contributed by atoms with E-state index in [-0.39, 0.29) is 0 Å². The molecular weight excluding hydrogens is 214 g/mol. The van der Waals surface area contributed by atoms with Crippen molar-refractivity contribution in [3.05, 3.63) is 29.8 Å². The lowest BCUT2D eigenvalue weighted by atomic mass is 10.1. The van der Waals surface area contributed by atoms with Gasteiger partial charge in [-0.3, -0.25) is 4.90 Å². The predicted molar refractivity (Wildman–Crippen MR) is 70.1 cm³/mol. The lowest BCUT2D eigenvalue weighted by Crippen LogP contribution is -2.34. The van der Waals surface area contributed by atoms with E-state index in [0.29, 0.717) is 11.8 Å². The summed E-state index contributed by atoms with van der Waals surface area (Å²) < 4.78 is 5.13. The van der Waals surface area contributed by atoms with E-state index < -0.39 is 0 Å². The first-order valence-corrected chi connectivity index (χ1v) is 6.18. The second kappa shape index (κ2) is 7.30. The van der Waals surface area contributed by atoms with Crippen LogP contribution in [0.15, 0.2) is 24.3 Å². The predicted octanol–water partition coefficient (Wildman–Crippen LogP) is 2.64. The van der Waals surface area contributed by atoms with Crippen molar-refractivity contribution >= 4 is 0 Å². The van der Waals surface area contributed by atoms with E-state index in [4.69, 9.17) is 4.74 Å². The molecule has 0 spiro atoms. The minimum absolute atomic E-state index is 0.373. The highest BCUT2D eigenvalue weighted by Crippen LogP contribution is 2.19. The van der Waals surface area contributed by atoms with Crippen LogP contribution in [0.2, 0.25) is 0 Å². The quantitative estimate of drug-likeness (QED) is 0.791. The largest absolute Gasteiger partial charge is 0.508 e. The molecule has 1 aromatic rings. The molecule has 1 aromatic carbocycles. The number of hydrogen-bond acceptors (Lipinski definition) is 3. The molecule has 0 aliphatic heterocycles. The summed E-state index contributed by atoms with van der Waals surface area (Å²) in [6.45, 7) is 6.76. The highest BCUT2D eigenvalue weighted by atomic mass is 16.5. The number of aromatic hydroxyl groups is 1. The standard InChI is InChI=1S/C14H23NO2/c1-4-12(2)15(9-10-17-3)11-13-7-5-6-8-14(13)16/h5-8,12,16H,4,9-11H2,1-3H3. The minimum Gasteiger partial charge on any atom is -0.508 e. The summed E-state index contributed by atoms with van der Waals surface area (Å²) in [4.78, 5) is 2.33. The summed E-state index contributed by atoms with van der Waals surface area (Å²) >= 11 is 0. The molecule has 0 saturated heterocycles. The Morgan fingerprint density at radius 1 is 1.35 bits per heavy atom. The summed E-state index contributed by atoms with van der Waals surface area (Å²) in [5.41, 5.74) is 0.976. The smallest absolute Gasteiger partial charge is 0.120 e. The Bertz CT molecular complexity index is 328. The fourth-order valence-corrected chi connectivity index (χ4v) is 1.79. The van der Waals surface area contributed by atoms with Crippen molar-refractivity contribution in [2.75, 3.05) is 20.3 Å². The van der Waals surface area contributed by atoms with Gasteiger partial charge in [-0.2, -0.15) is 0 Å². The van der Waals surface area contributed by atoms with Crippen LogP contribution < -0.4 is 0 Å². The van der Waals surface area contributed by atoms with Gasteiger partial charge in [0.15, 0.2) is 0 Å². The zero-order valence-corrected chi connectivity index (χ0v) is 11.0. The molecule has 0 bridgehead atoms. The van der Waals surface area contributed by atoms with Gasteiger partial charge in [-0.1, -0.05) is 25.1 Å². The van der Waals surface area contributed by atoms with E-state index in [1.165, 1.54) is 0 Å². The van der Waals surface area contributed by atoms with Crippen LogP contribution in [0.1, 0.15) is 25.8 Å². The topological polar surface area (TPSA) is 32.7 Å². The van der Waals surface area contributed by atoms with Crippen molar-refractivity contribution in [2.45, 2.75) is 32.9 Å². The van der Waals surface area contributed by atoms with Crippen LogP contribution in [0.5, 0.6) is 5.75 Å². The van der Waals surface area contributed by atoms with E-state index in [1.807, 2.05) is 18.2 Å². The summed E-state index contributed by atoms with van der Waals surface area (Å²) in [6, 6.07) is 8.00. The van der Waals surface area contributed by atoms with E-state index in [2.05, 4.69) is 18.7 Å². The molecule has 17 heavy (non-hydrogen) atoms. The number of ether oxygens (including phenoxy) is 1. The van der Waals surface area contributed by atoms with Gasteiger partial charge in [-0.25, -0.2) is 0 Å². The van der Waals surface area contributed by atoms with Crippen LogP contribution >= 0.6 is 0 Å². The molecule has 0 aromatic heterocycles. The zero-order chi connectivity index (χ0) is 12.7. The molecular formula is C14H23NO2. The Hall–Kier alpha value is -1.06. The van der Waals surface area contributed by atoms with Gasteiger partial charge in [0.2, 0.25) is 0 Å². The third kappa shape index (κ3) is 4.36. The lowest BCUT2D eigenvalue weighted by Gasteiger charge is -2.28. The fraction of sp³-hybridized carbons (Fsp3) is 0.571. The first kappa shape index (κ1) is 14.0. The van der Waals surface area contributed by atoms with E-state index in [9.17, 15) is 5.11 Å². The van der Waals surface area contributed by atoms with Crippen LogP contribution in [-0.2, 0) is 11.3 Å². The Kier molecular flexibility index (Phi) is 6.01. The number of methoxy groups -OCH3 is 1. The van der Waals surface area contributed by atoms with Crippen molar-refractivity contribution in [3.8, 4) is 5.75 Å². The van der Waals surface area contributed by atoms with Crippen molar-refractivity contribution in [1.82, 2.24) is 4.90 Å². The fourth-order valence-electron chi connectivity index (χ4n) is 1.79. The number of phenols is 1. The number of para-hydroxylation sites is 1. The maximum Gasteiger partial charge on any atom is 0.120 e. The van der Waals surface area contributed by atoms with E-state index >= 15 is 0 Å². The van der Waals surface area contributed by atoms with Crippen LogP contribution in [0.4, 0.5) is 0 Å². The Morgan fingerprint density at radius 2 is 2.06 bits per heavy atom. The molecule has 0 aliphatic carbocycles. The van der Waals surface area contributed by atoms with E-state index in [1.54, 1.807) is 13.2 Å². The average Bonchev–Trinajstić information content (AvgIpc) is 2.35. The SMILES string of the molecule is CCC(C)N(CCOC)Cc1ccccc1O. The Balaban J connectivity index is 2.68. The summed E-state index contributed by atoms with van der Waals surface area (Å²) in [5.74, 6) is 0.373. The van der Waals surface area contributed by atoms with Gasteiger partial charge in [-0.15, -0.1) is 0 Å². The highest BCUT2D eigenvalue weighted by Gasteiger charge is 2.13. The molecule has 1 N–H and O–H groups in total. The number of phenolic OH excluding ortho intramolecular Hbond substituents is 1. The summed E-state index contributed by atoms with van der Waals surface area (Å²) in [7, 11) is 1.72. The first-order valence-electron chi connectivity index (χ1n) is 6.18. The van der Waals surface area contributed by atoms with Crippen molar-refractivity contribution in [1.29, 1.82) is 0 Å². The monoisotopic (exact) mass is 237 g/mol. The minimum atomic E-state index is 0.373. The molecule has 0 saturated carbocycles. The molecule has 0 radical (unpaired) electrons. The average molecular weight is 237 g/mol. The van der Waals surface area contributed by atoms with Crippen LogP contribution in [0.25, 0.3) is 0 Å². The van der Waals surface area contributed by atoms with Crippen molar-refractivity contribution in [3.63, 3.8) is 0 Å². The molecule has 3 nitrogen and oxygen atoms in total. The number of rotatable bonds is 7. The number of benzene rings is 1. The molecule has 1 unspecified atom stereocenters. The highest BCUT2D eigenvalue weighted by molar-refractivity contribution is 5.31. The van der Waals surface area contributed by atoms with Gasteiger partial charge in [0.25, 0.3) is 0 Å². The first-order chi connectivity index (χ1) is 8.19. The van der Waals surface area contributed by atoms with Gasteiger partial charge in [-0.05, 0) is 19.4 Å². The van der Waals surface area contributed by atoms with Crippen LogP contribution in [0.3, 0.4) is 0 Å². The molecule has 0 heterocycles. The van der Waals surface area contributed by atoms with Gasteiger partial charge >= 0.3 is 0 Å². The third-order valence-corrected chi connectivity index (χ3v) is 3.16. The number of hydrogen-bond donors (Lipinski definition) is 1. The second-order valence-electron chi connectivity index (χ2n) is 4.35. The molecule has 0 amide bonds. The third-order valence-electron chi connectivity index (χ3n) is 3.16. The molecule has 96 valence electrons. The van der Waals surface area contributed by atoms with Crippen molar-refractivity contribution < 1.29 is 9.84 Å². The summed E-state index contributed by atoms with van der Waals surface area (Å²) in [5, 5.41) is 9.78. The Morgan fingerprint density at radius 3 is 2.65 bits per heavy atom. The Labute approximate surface area is 104 Å². The molecule has 0 aliphatic rings. The van der Waals surface area contributed by atoms with Gasteiger partial charge in [0.05, 0.1) is 6.61 Å². The molecule has 3 heteroatoms. The maximum atomic E-state index is 9.78. The maximum absolute atomic E-state index is 9.78. The number of nitrogens with zero attached hydrogens (tertiary/aromatic N) is 1. The van der Waals surface area contributed by atoms with E-state index in [0.717, 1.165) is 31.7 Å². The van der Waals surface area contributed by atoms with Gasteiger partial charge in [0, 0.05) is 31.8 Å². The summed E-state index contributed by atoms with van der Waals surface area (Å²) in [6.07, 6.45) is 1.09. The van der Waals surface area contributed by atoms with Gasteiger partial charge < -0.3 is 9.84 Å². The molecule has 1 atom stereocenters.